The van der Waals surface area contributed by atoms with Gasteiger partial charge in [0.05, 0.1) is 6.04 Å². The van der Waals surface area contributed by atoms with Crippen LogP contribution in [-0.2, 0) is 4.79 Å². The summed E-state index contributed by atoms with van der Waals surface area (Å²) in [6.07, 6.45) is 4.48. The largest absolute Gasteiger partial charge is 0.336 e. The monoisotopic (exact) mass is 196 g/mol. The quantitative estimate of drug-likeness (QED) is 0.731. The maximum absolute atomic E-state index is 12.0. The molecule has 0 aromatic rings. The standard InChI is InChI=1S/C11H20N2O/c1-3-7-12-9-4-8-13(10(9)14)11(2)5-6-11/h9,12H,3-8H2,1-2H3. The number of carbonyl (C=O) groups is 1. The van der Waals surface area contributed by atoms with Crippen LogP contribution < -0.4 is 5.32 Å². The molecule has 1 heterocycles. The Hall–Kier alpha value is -0.570. The number of carbonyl (C=O) groups excluding carboxylic acids is 1. The maximum atomic E-state index is 12.0. The van der Waals surface area contributed by atoms with E-state index >= 15 is 0 Å². The predicted molar refractivity (Wildman–Crippen MR) is 56.1 cm³/mol. The van der Waals surface area contributed by atoms with E-state index in [1.54, 1.807) is 0 Å². The molecule has 1 amide bonds. The lowest BCUT2D eigenvalue weighted by Gasteiger charge is -2.24. The molecule has 1 aliphatic heterocycles. The summed E-state index contributed by atoms with van der Waals surface area (Å²) in [5.41, 5.74) is 0.222. The molecular weight excluding hydrogens is 176 g/mol. The highest BCUT2D eigenvalue weighted by atomic mass is 16.2. The Bertz CT molecular complexity index is 235. The topological polar surface area (TPSA) is 32.3 Å². The summed E-state index contributed by atoms with van der Waals surface area (Å²) in [5, 5.41) is 3.32. The minimum absolute atomic E-state index is 0.104. The SMILES string of the molecule is CCCNC1CCN(C2(C)CC2)C1=O. The number of nitrogens with zero attached hydrogens (tertiary/aromatic N) is 1. The average Bonchev–Trinajstić information content (AvgIpc) is 2.78. The number of amides is 1. The van der Waals surface area contributed by atoms with Crippen LogP contribution in [0.15, 0.2) is 0 Å². The van der Waals surface area contributed by atoms with Gasteiger partial charge in [0.2, 0.25) is 5.91 Å². The molecule has 1 saturated carbocycles. The molecule has 1 N–H and O–H groups in total. The molecule has 3 nitrogen and oxygen atoms in total. The van der Waals surface area contributed by atoms with E-state index < -0.39 is 0 Å². The molecule has 1 aliphatic carbocycles. The summed E-state index contributed by atoms with van der Waals surface area (Å²) < 4.78 is 0. The first-order valence-electron chi connectivity index (χ1n) is 5.72. The molecule has 3 heteroatoms. The number of nitrogens with one attached hydrogen (secondary N) is 1. The van der Waals surface area contributed by atoms with Crippen LogP contribution in [0.25, 0.3) is 0 Å². The first-order valence-corrected chi connectivity index (χ1v) is 5.72. The summed E-state index contributed by atoms with van der Waals surface area (Å²) in [4.78, 5) is 14.0. The van der Waals surface area contributed by atoms with Gasteiger partial charge in [-0.25, -0.2) is 0 Å². The number of hydrogen-bond acceptors (Lipinski definition) is 2. The second-order valence-corrected chi connectivity index (χ2v) is 4.78. The third-order valence-corrected chi connectivity index (χ3v) is 3.47. The van der Waals surface area contributed by atoms with Gasteiger partial charge in [0.25, 0.3) is 0 Å². The van der Waals surface area contributed by atoms with Crippen molar-refractivity contribution in [3.8, 4) is 0 Å². The first-order chi connectivity index (χ1) is 6.67. The fraction of sp³-hybridized carbons (Fsp3) is 0.909. The fourth-order valence-corrected chi connectivity index (χ4v) is 2.17. The molecule has 14 heavy (non-hydrogen) atoms. The summed E-state index contributed by atoms with van der Waals surface area (Å²) in [6.45, 7) is 6.25. The third-order valence-electron chi connectivity index (χ3n) is 3.47. The minimum Gasteiger partial charge on any atom is -0.336 e. The average molecular weight is 196 g/mol. The molecular formula is C11H20N2O. The molecule has 2 fully saturated rings. The molecule has 80 valence electrons. The van der Waals surface area contributed by atoms with Crippen LogP contribution in [0.3, 0.4) is 0 Å². The summed E-state index contributed by atoms with van der Waals surface area (Å²) >= 11 is 0. The van der Waals surface area contributed by atoms with Crippen LogP contribution in [-0.4, -0.2) is 35.5 Å². The molecule has 1 saturated heterocycles. The van der Waals surface area contributed by atoms with E-state index in [2.05, 4.69) is 24.1 Å². The van der Waals surface area contributed by atoms with Gasteiger partial charge >= 0.3 is 0 Å². The van der Waals surface area contributed by atoms with E-state index in [0.29, 0.717) is 5.91 Å². The van der Waals surface area contributed by atoms with Gasteiger partial charge in [0, 0.05) is 12.1 Å². The van der Waals surface area contributed by atoms with Gasteiger partial charge in [-0.3, -0.25) is 4.79 Å². The van der Waals surface area contributed by atoms with Crippen LogP contribution in [0.5, 0.6) is 0 Å². The van der Waals surface area contributed by atoms with Gasteiger partial charge in [-0.05, 0) is 39.2 Å². The molecule has 1 atom stereocenters. The Morgan fingerprint density at radius 2 is 2.29 bits per heavy atom. The summed E-state index contributed by atoms with van der Waals surface area (Å²) in [6, 6.07) is 0.104. The zero-order valence-electron chi connectivity index (χ0n) is 9.18. The normalized spacial score (nSPS) is 29.7. The lowest BCUT2D eigenvalue weighted by atomic mass is 10.2. The molecule has 0 bridgehead atoms. The van der Waals surface area contributed by atoms with Gasteiger partial charge in [-0.2, -0.15) is 0 Å². The van der Waals surface area contributed by atoms with Crippen molar-refractivity contribution in [3.63, 3.8) is 0 Å². The van der Waals surface area contributed by atoms with Crippen LogP contribution in [0.1, 0.15) is 39.5 Å². The molecule has 2 rings (SSSR count). The van der Waals surface area contributed by atoms with Gasteiger partial charge in [-0.15, -0.1) is 0 Å². The fourth-order valence-electron chi connectivity index (χ4n) is 2.17. The second-order valence-electron chi connectivity index (χ2n) is 4.78. The van der Waals surface area contributed by atoms with Crippen LogP contribution in [0.4, 0.5) is 0 Å². The van der Waals surface area contributed by atoms with E-state index in [0.717, 1.165) is 25.9 Å². The van der Waals surface area contributed by atoms with Crippen molar-refractivity contribution in [2.75, 3.05) is 13.1 Å². The van der Waals surface area contributed by atoms with Crippen molar-refractivity contribution in [3.05, 3.63) is 0 Å². The van der Waals surface area contributed by atoms with Crippen molar-refractivity contribution in [1.29, 1.82) is 0 Å². The lowest BCUT2D eigenvalue weighted by Crippen LogP contribution is -2.43. The van der Waals surface area contributed by atoms with Crippen molar-refractivity contribution in [2.24, 2.45) is 0 Å². The van der Waals surface area contributed by atoms with E-state index in [1.807, 2.05) is 0 Å². The molecule has 0 spiro atoms. The zero-order valence-corrected chi connectivity index (χ0v) is 9.18. The number of hydrogen-bond donors (Lipinski definition) is 1. The van der Waals surface area contributed by atoms with Crippen molar-refractivity contribution in [1.82, 2.24) is 10.2 Å². The molecule has 0 aromatic carbocycles. The molecule has 1 unspecified atom stereocenters. The summed E-state index contributed by atoms with van der Waals surface area (Å²) in [5.74, 6) is 0.332. The Morgan fingerprint density at radius 3 is 2.86 bits per heavy atom. The summed E-state index contributed by atoms with van der Waals surface area (Å²) in [7, 11) is 0. The predicted octanol–water partition coefficient (Wildman–Crippen LogP) is 1.14. The minimum atomic E-state index is 0.104. The van der Waals surface area contributed by atoms with Gasteiger partial charge < -0.3 is 10.2 Å². The Kier molecular flexibility index (Phi) is 2.52. The highest BCUT2D eigenvalue weighted by Gasteiger charge is 2.49. The highest BCUT2D eigenvalue weighted by Crippen LogP contribution is 2.43. The first kappa shape index (κ1) is 9.97. The van der Waals surface area contributed by atoms with Crippen LogP contribution in [0, 0.1) is 0 Å². The highest BCUT2D eigenvalue weighted by molar-refractivity contribution is 5.85. The Balaban J connectivity index is 1.90. The Morgan fingerprint density at radius 1 is 1.57 bits per heavy atom. The lowest BCUT2D eigenvalue weighted by molar-refractivity contribution is -0.131. The molecule has 2 aliphatic rings. The van der Waals surface area contributed by atoms with Gasteiger partial charge in [0.15, 0.2) is 0 Å². The van der Waals surface area contributed by atoms with Gasteiger partial charge in [-0.1, -0.05) is 6.92 Å². The van der Waals surface area contributed by atoms with E-state index in [4.69, 9.17) is 0 Å². The Labute approximate surface area is 85.8 Å². The van der Waals surface area contributed by atoms with Crippen molar-refractivity contribution >= 4 is 5.91 Å². The second kappa shape index (κ2) is 3.54. The smallest absolute Gasteiger partial charge is 0.240 e. The molecule has 0 aromatic heterocycles. The number of rotatable bonds is 4. The molecule has 0 radical (unpaired) electrons. The van der Waals surface area contributed by atoms with Crippen LogP contribution in [0.2, 0.25) is 0 Å². The van der Waals surface area contributed by atoms with Crippen molar-refractivity contribution < 1.29 is 4.79 Å². The van der Waals surface area contributed by atoms with E-state index in [9.17, 15) is 4.79 Å². The number of likely N-dealkylation sites (tertiary alicyclic amines) is 1. The van der Waals surface area contributed by atoms with Crippen molar-refractivity contribution in [2.45, 2.75) is 51.1 Å². The van der Waals surface area contributed by atoms with Crippen LogP contribution >= 0.6 is 0 Å². The van der Waals surface area contributed by atoms with E-state index in [1.165, 1.54) is 12.8 Å². The third kappa shape index (κ3) is 1.65. The van der Waals surface area contributed by atoms with Gasteiger partial charge in [0.1, 0.15) is 0 Å². The maximum Gasteiger partial charge on any atom is 0.240 e. The zero-order chi connectivity index (χ0) is 10.2. The van der Waals surface area contributed by atoms with E-state index in [-0.39, 0.29) is 11.6 Å².